The van der Waals surface area contributed by atoms with Crippen LogP contribution in [0.15, 0.2) is 18.2 Å². The SMILES string of the molecule is O=S(=O)(Cl)CCCCCOc1cccc(Cl)c1Cl. The highest BCUT2D eigenvalue weighted by atomic mass is 35.7. The molecule has 102 valence electrons. The van der Waals surface area contributed by atoms with Crippen molar-refractivity contribution < 1.29 is 13.2 Å². The molecule has 0 heterocycles. The smallest absolute Gasteiger partial charge is 0.232 e. The molecule has 1 aromatic rings. The van der Waals surface area contributed by atoms with E-state index in [0.29, 0.717) is 28.8 Å². The second-order valence-corrected chi connectivity index (χ2v) is 7.39. The normalized spacial score (nSPS) is 11.5. The lowest BCUT2D eigenvalue weighted by atomic mass is 10.2. The average Bonchev–Trinajstić information content (AvgIpc) is 2.27. The number of unbranched alkanes of at least 4 members (excludes halogenated alkanes) is 2. The fourth-order valence-corrected chi connectivity index (χ4v) is 2.55. The second kappa shape index (κ2) is 7.43. The molecule has 3 nitrogen and oxygen atoms in total. The van der Waals surface area contributed by atoms with Gasteiger partial charge in [0.15, 0.2) is 0 Å². The standard InChI is InChI=1S/C11H13Cl3O3S/c12-9-5-4-6-10(11(9)13)17-7-2-1-3-8-18(14,15)16/h4-6H,1-3,7-8H2. The van der Waals surface area contributed by atoms with Crippen molar-refractivity contribution in [2.75, 3.05) is 12.4 Å². The van der Waals surface area contributed by atoms with Gasteiger partial charge in [-0.15, -0.1) is 0 Å². The molecule has 0 fully saturated rings. The van der Waals surface area contributed by atoms with Crippen molar-refractivity contribution in [1.82, 2.24) is 0 Å². The van der Waals surface area contributed by atoms with E-state index in [0.717, 1.165) is 12.8 Å². The number of hydrogen-bond donors (Lipinski definition) is 0. The Morgan fingerprint density at radius 1 is 1.11 bits per heavy atom. The van der Waals surface area contributed by atoms with Gasteiger partial charge in [0.1, 0.15) is 10.8 Å². The molecule has 0 saturated heterocycles. The van der Waals surface area contributed by atoms with E-state index in [4.69, 9.17) is 38.6 Å². The maximum absolute atomic E-state index is 10.7. The molecule has 0 unspecified atom stereocenters. The maximum Gasteiger partial charge on any atom is 0.232 e. The van der Waals surface area contributed by atoms with Crippen LogP contribution >= 0.6 is 33.9 Å². The van der Waals surface area contributed by atoms with Crippen LogP contribution in [0.5, 0.6) is 5.75 Å². The molecule has 18 heavy (non-hydrogen) atoms. The minimum absolute atomic E-state index is 0.00746. The fraction of sp³-hybridized carbons (Fsp3) is 0.455. The van der Waals surface area contributed by atoms with Crippen LogP contribution in [0.1, 0.15) is 19.3 Å². The molecule has 0 aliphatic rings. The number of rotatable bonds is 7. The van der Waals surface area contributed by atoms with Crippen LogP contribution in [0.25, 0.3) is 0 Å². The van der Waals surface area contributed by atoms with Gasteiger partial charge >= 0.3 is 0 Å². The molecule has 0 amide bonds. The molecule has 1 rings (SSSR count). The molecule has 0 N–H and O–H groups in total. The Labute approximate surface area is 121 Å². The predicted octanol–water partition coefficient (Wildman–Crippen LogP) is 4.11. The van der Waals surface area contributed by atoms with Gasteiger partial charge in [0.05, 0.1) is 17.4 Å². The zero-order chi connectivity index (χ0) is 13.6. The van der Waals surface area contributed by atoms with E-state index in [-0.39, 0.29) is 5.75 Å². The molecule has 0 spiro atoms. The molecular formula is C11H13Cl3O3S. The number of ether oxygens (including phenoxy) is 1. The van der Waals surface area contributed by atoms with E-state index in [9.17, 15) is 8.42 Å². The van der Waals surface area contributed by atoms with Gasteiger partial charge in [-0.2, -0.15) is 0 Å². The maximum atomic E-state index is 10.7. The highest BCUT2D eigenvalue weighted by Gasteiger charge is 2.06. The topological polar surface area (TPSA) is 43.4 Å². The van der Waals surface area contributed by atoms with Crippen LogP contribution < -0.4 is 4.74 Å². The Balaban J connectivity index is 2.24. The van der Waals surface area contributed by atoms with Crippen LogP contribution in [0.4, 0.5) is 0 Å². The number of benzene rings is 1. The van der Waals surface area contributed by atoms with Crippen molar-refractivity contribution in [2.24, 2.45) is 0 Å². The van der Waals surface area contributed by atoms with Crippen molar-refractivity contribution in [3.8, 4) is 5.75 Å². The van der Waals surface area contributed by atoms with Crippen molar-refractivity contribution in [3.63, 3.8) is 0 Å². The lowest BCUT2D eigenvalue weighted by Crippen LogP contribution is -2.01. The number of hydrogen-bond acceptors (Lipinski definition) is 3. The summed E-state index contributed by atoms with van der Waals surface area (Å²) in [6.07, 6.45) is 1.98. The first-order valence-corrected chi connectivity index (χ1v) is 8.63. The van der Waals surface area contributed by atoms with Crippen LogP contribution in [-0.2, 0) is 9.05 Å². The molecule has 1 aromatic carbocycles. The third kappa shape index (κ3) is 6.14. The van der Waals surface area contributed by atoms with Gasteiger partial charge in [-0.1, -0.05) is 29.3 Å². The summed E-state index contributed by atoms with van der Waals surface area (Å²) in [4.78, 5) is 0. The number of halogens is 3. The van der Waals surface area contributed by atoms with Gasteiger partial charge in [-0.3, -0.25) is 0 Å². The van der Waals surface area contributed by atoms with Crippen LogP contribution in [0.3, 0.4) is 0 Å². The van der Waals surface area contributed by atoms with Crippen LogP contribution in [0, 0.1) is 0 Å². The Morgan fingerprint density at radius 2 is 1.83 bits per heavy atom. The lowest BCUT2D eigenvalue weighted by Gasteiger charge is -2.08. The molecule has 0 saturated carbocycles. The molecule has 0 radical (unpaired) electrons. The van der Waals surface area contributed by atoms with E-state index in [2.05, 4.69) is 0 Å². The summed E-state index contributed by atoms with van der Waals surface area (Å²) in [5.74, 6) is 0.529. The summed E-state index contributed by atoms with van der Waals surface area (Å²) >= 11 is 11.8. The lowest BCUT2D eigenvalue weighted by molar-refractivity contribution is 0.306. The van der Waals surface area contributed by atoms with Crippen molar-refractivity contribution in [1.29, 1.82) is 0 Å². The summed E-state index contributed by atoms with van der Waals surface area (Å²) in [5.41, 5.74) is 0. The third-order valence-electron chi connectivity index (χ3n) is 2.21. The van der Waals surface area contributed by atoms with E-state index < -0.39 is 9.05 Å². The van der Waals surface area contributed by atoms with Crippen molar-refractivity contribution >= 4 is 42.9 Å². The van der Waals surface area contributed by atoms with Gasteiger partial charge in [0.25, 0.3) is 0 Å². The van der Waals surface area contributed by atoms with E-state index in [1.165, 1.54) is 0 Å². The first-order valence-electron chi connectivity index (χ1n) is 5.39. The van der Waals surface area contributed by atoms with Gasteiger partial charge in [-0.25, -0.2) is 8.42 Å². The zero-order valence-corrected chi connectivity index (χ0v) is 12.6. The predicted molar refractivity (Wildman–Crippen MR) is 75.4 cm³/mol. The minimum Gasteiger partial charge on any atom is -0.492 e. The van der Waals surface area contributed by atoms with Crippen LogP contribution in [-0.4, -0.2) is 20.8 Å². The highest BCUT2D eigenvalue weighted by Crippen LogP contribution is 2.31. The van der Waals surface area contributed by atoms with Gasteiger partial charge in [-0.05, 0) is 31.4 Å². The zero-order valence-electron chi connectivity index (χ0n) is 9.53. The Bertz CT molecular complexity index is 488. The molecule has 7 heteroatoms. The third-order valence-corrected chi connectivity index (χ3v) is 4.25. The fourth-order valence-electron chi connectivity index (χ4n) is 1.33. The van der Waals surface area contributed by atoms with E-state index >= 15 is 0 Å². The van der Waals surface area contributed by atoms with Gasteiger partial charge in [0, 0.05) is 10.7 Å². The summed E-state index contributed by atoms with van der Waals surface area (Å²) in [7, 11) is 1.71. The van der Waals surface area contributed by atoms with Crippen molar-refractivity contribution in [3.05, 3.63) is 28.2 Å². The largest absolute Gasteiger partial charge is 0.492 e. The molecule has 0 atom stereocenters. The molecule has 0 bridgehead atoms. The molecule has 0 aromatic heterocycles. The van der Waals surface area contributed by atoms with Gasteiger partial charge in [0.2, 0.25) is 9.05 Å². The van der Waals surface area contributed by atoms with E-state index in [1.54, 1.807) is 18.2 Å². The second-order valence-electron chi connectivity index (χ2n) is 3.70. The molecule has 0 aliphatic heterocycles. The molecular weight excluding hydrogens is 319 g/mol. The molecule has 0 aliphatic carbocycles. The Morgan fingerprint density at radius 3 is 2.50 bits per heavy atom. The minimum atomic E-state index is -3.38. The first kappa shape index (κ1) is 15.9. The average molecular weight is 332 g/mol. The van der Waals surface area contributed by atoms with Crippen molar-refractivity contribution in [2.45, 2.75) is 19.3 Å². The monoisotopic (exact) mass is 330 g/mol. The van der Waals surface area contributed by atoms with Gasteiger partial charge < -0.3 is 4.74 Å². The van der Waals surface area contributed by atoms with E-state index in [1.807, 2.05) is 0 Å². The summed E-state index contributed by atoms with van der Waals surface area (Å²) < 4.78 is 26.8. The van der Waals surface area contributed by atoms with Crippen LogP contribution in [0.2, 0.25) is 10.0 Å². The first-order chi connectivity index (χ1) is 8.40. The quantitative estimate of drug-likeness (QED) is 0.558. The summed E-state index contributed by atoms with van der Waals surface area (Å²) in [6, 6.07) is 5.17. The summed E-state index contributed by atoms with van der Waals surface area (Å²) in [6.45, 7) is 0.461. The summed E-state index contributed by atoms with van der Waals surface area (Å²) in [5, 5.41) is 0.838. The highest BCUT2D eigenvalue weighted by molar-refractivity contribution is 8.13. The Hall–Kier alpha value is -0.160. The Kier molecular flexibility index (Phi) is 6.57.